The van der Waals surface area contributed by atoms with Gasteiger partial charge in [-0.15, -0.1) is 0 Å². The van der Waals surface area contributed by atoms with Crippen LogP contribution in [-0.2, 0) is 34.6 Å². The number of carbonyl (C=O) groups excluding carboxylic acids is 1. The normalized spacial score (nSPS) is 13.4. The molecule has 0 N–H and O–H groups in total. The zero-order chi connectivity index (χ0) is 29.3. The lowest BCUT2D eigenvalue weighted by Gasteiger charge is -2.20. The van der Waals surface area contributed by atoms with Crippen LogP contribution in [0.3, 0.4) is 0 Å². The van der Waals surface area contributed by atoms with E-state index in [-0.39, 0.29) is 18.2 Å². The zero-order valence-electron chi connectivity index (χ0n) is 20.4. The first-order chi connectivity index (χ1) is 17.1. The van der Waals surface area contributed by atoms with Gasteiger partial charge in [-0.2, -0.15) is 39.5 Å². The summed E-state index contributed by atoms with van der Waals surface area (Å²) in [7, 11) is 0. The van der Waals surface area contributed by atoms with Crippen LogP contribution in [0.15, 0.2) is 41.4 Å². The van der Waals surface area contributed by atoms with E-state index in [2.05, 4.69) is 16.6 Å². The molecule has 0 spiro atoms. The number of hydrogen-bond donors (Lipinski definition) is 0. The summed E-state index contributed by atoms with van der Waals surface area (Å²) in [5.74, 6) is -1.42. The van der Waals surface area contributed by atoms with Gasteiger partial charge in [-0.1, -0.05) is 12.2 Å². The Morgan fingerprint density at radius 1 is 0.974 bits per heavy atom. The van der Waals surface area contributed by atoms with Gasteiger partial charge in [0.15, 0.2) is 5.69 Å². The lowest BCUT2D eigenvalue weighted by Crippen LogP contribution is -2.31. The predicted octanol–water partition coefficient (Wildman–Crippen LogP) is 6.67. The van der Waals surface area contributed by atoms with E-state index in [1.165, 1.54) is 27.7 Å². The molecule has 0 atom stereocenters. The Morgan fingerprint density at radius 2 is 1.58 bits per heavy atom. The van der Waals surface area contributed by atoms with Crippen molar-refractivity contribution < 1.29 is 53.8 Å². The van der Waals surface area contributed by atoms with Crippen LogP contribution in [0, 0.1) is 5.41 Å². The minimum Gasteiger partial charge on any atom is -0.442 e. The third-order valence-corrected chi connectivity index (χ3v) is 4.57. The summed E-state index contributed by atoms with van der Waals surface area (Å²) in [4.78, 5) is 18.8. The Hall–Kier alpha value is -3.52. The van der Waals surface area contributed by atoms with Crippen molar-refractivity contribution in [3.8, 4) is 5.88 Å². The highest BCUT2D eigenvalue weighted by atomic mass is 19.4. The zero-order valence-corrected chi connectivity index (χ0v) is 20.4. The third kappa shape index (κ3) is 7.99. The topological polar surface area (TPSA) is 65.7 Å². The van der Waals surface area contributed by atoms with Crippen LogP contribution >= 0.6 is 0 Å². The van der Waals surface area contributed by atoms with E-state index in [0.717, 1.165) is 4.57 Å². The molecule has 0 aliphatic rings. The molecule has 6 nitrogen and oxygen atoms in total. The largest absolute Gasteiger partial charge is 0.442 e. The number of hydrogen-bond acceptors (Lipinski definition) is 5. The maximum atomic E-state index is 13.6. The monoisotopic (exact) mass is 559 g/mol. The molecule has 0 saturated heterocycles. The maximum absolute atomic E-state index is 13.6. The summed E-state index contributed by atoms with van der Waals surface area (Å²) >= 11 is 0. The number of benzene rings is 1. The van der Waals surface area contributed by atoms with Crippen molar-refractivity contribution in [1.29, 1.82) is 0 Å². The molecule has 2 aromatic rings. The second kappa shape index (κ2) is 10.7. The molecule has 0 aliphatic carbocycles. The van der Waals surface area contributed by atoms with Gasteiger partial charge in [0.05, 0.1) is 22.2 Å². The van der Waals surface area contributed by atoms with Gasteiger partial charge in [-0.05, 0) is 45.9 Å². The molecule has 0 unspecified atom stereocenters. The van der Waals surface area contributed by atoms with Crippen molar-refractivity contribution in [1.82, 2.24) is 9.55 Å². The number of esters is 1. The van der Waals surface area contributed by atoms with Crippen molar-refractivity contribution in [2.75, 3.05) is 6.79 Å². The van der Waals surface area contributed by atoms with E-state index >= 15 is 0 Å². The molecule has 15 heteroatoms. The second-order valence-electron chi connectivity index (χ2n) is 9.10. The Morgan fingerprint density at radius 3 is 2.05 bits per heavy atom. The molecule has 1 aromatic carbocycles. The van der Waals surface area contributed by atoms with E-state index in [1.54, 1.807) is 0 Å². The molecule has 210 valence electrons. The average molecular weight is 559 g/mol. The fourth-order valence-electron chi connectivity index (χ4n) is 2.77. The van der Waals surface area contributed by atoms with Gasteiger partial charge < -0.3 is 9.47 Å². The molecule has 1 heterocycles. The van der Waals surface area contributed by atoms with Crippen LogP contribution in [0.4, 0.5) is 45.2 Å². The molecule has 0 bridgehead atoms. The van der Waals surface area contributed by atoms with Gasteiger partial charge in [-0.25, -0.2) is 9.98 Å². The highest BCUT2D eigenvalue weighted by Gasteiger charge is 2.39. The molecular formula is C23H22F9N3O3. The Balaban J connectivity index is 2.80. The number of ether oxygens (including phenoxy) is 2. The van der Waals surface area contributed by atoms with Crippen molar-refractivity contribution in [3.05, 3.63) is 58.9 Å². The highest BCUT2D eigenvalue weighted by molar-refractivity contribution is 5.75. The summed E-state index contributed by atoms with van der Waals surface area (Å²) in [5.41, 5.74) is -7.94. The smallest absolute Gasteiger partial charge is 0.433 e. The number of aromatic nitrogens is 2. The molecule has 0 aliphatic heterocycles. The first-order valence-corrected chi connectivity index (χ1v) is 10.6. The van der Waals surface area contributed by atoms with Gasteiger partial charge in [0, 0.05) is 12.6 Å². The van der Waals surface area contributed by atoms with Gasteiger partial charge in [0.2, 0.25) is 18.3 Å². The van der Waals surface area contributed by atoms with Gasteiger partial charge >= 0.3 is 24.5 Å². The number of carbonyl (C=O) groups is 1. The molecule has 1 aromatic heterocycles. The Bertz CT molecular complexity index is 1270. The van der Waals surface area contributed by atoms with Crippen molar-refractivity contribution in [3.63, 3.8) is 0 Å². The van der Waals surface area contributed by atoms with E-state index in [9.17, 15) is 44.3 Å². The predicted molar refractivity (Wildman–Crippen MR) is 115 cm³/mol. The minimum atomic E-state index is -5.35. The highest BCUT2D eigenvalue weighted by Crippen LogP contribution is 2.40. The van der Waals surface area contributed by atoms with Gasteiger partial charge in [0.25, 0.3) is 0 Å². The van der Waals surface area contributed by atoms with E-state index in [1.807, 2.05) is 0 Å². The van der Waals surface area contributed by atoms with Crippen molar-refractivity contribution in [2.24, 2.45) is 10.4 Å². The number of nitrogens with zero attached hydrogens (tertiary/aromatic N) is 3. The quantitative estimate of drug-likeness (QED) is 0.172. The van der Waals surface area contributed by atoms with Gasteiger partial charge in [-0.3, -0.25) is 9.36 Å². The van der Waals surface area contributed by atoms with Crippen LogP contribution in [0.2, 0.25) is 0 Å². The third-order valence-electron chi connectivity index (χ3n) is 4.57. The standard InChI is InChI=1S/C23H22F9N3O3/c1-12(2)10-35-17(37-11-38-18(36)20(3,4)5)9-16(23(30,31)32)34-19(35)33-15-7-6-13(21(24,25)26)8-14(15)22(27,28)29/h6-9H,1,10-11H2,2-5H3. The van der Waals surface area contributed by atoms with Crippen LogP contribution < -0.4 is 10.4 Å². The first kappa shape index (κ1) is 30.7. The Labute approximate surface area is 210 Å². The van der Waals surface area contributed by atoms with E-state index < -0.39 is 70.7 Å². The molecule has 0 saturated carbocycles. The van der Waals surface area contributed by atoms with E-state index in [0.29, 0.717) is 18.2 Å². The summed E-state index contributed by atoms with van der Waals surface area (Å²) in [6, 6.07) is 0.863. The second-order valence-corrected chi connectivity index (χ2v) is 9.10. The fourth-order valence-corrected chi connectivity index (χ4v) is 2.77. The molecule has 0 radical (unpaired) electrons. The summed E-state index contributed by atoms with van der Waals surface area (Å²) in [6.07, 6.45) is -15.6. The summed E-state index contributed by atoms with van der Waals surface area (Å²) in [6.45, 7) is 8.29. The summed E-state index contributed by atoms with van der Waals surface area (Å²) in [5, 5.41) is 0. The van der Waals surface area contributed by atoms with Crippen LogP contribution in [-0.4, -0.2) is 22.3 Å². The lowest BCUT2D eigenvalue weighted by atomic mass is 9.98. The van der Waals surface area contributed by atoms with Crippen LogP contribution in [0.5, 0.6) is 5.88 Å². The number of allylic oxidation sites excluding steroid dienone is 1. The number of halogens is 9. The molecule has 0 amide bonds. The van der Waals surface area contributed by atoms with Crippen LogP contribution in [0.1, 0.15) is 44.5 Å². The fraction of sp³-hybridized carbons (Fsp3) is 0.435. The first-order valence-electron chi connectivity index (χ1n) is 10.6. The minimum absolute atomic E-state index is 0.209. The molecule has 38 heavy (non-hydrogen) atoms. The molecule has 2 rings (SSSR count). The average Bonchev–Trinajstić information content (AvgIpc) is 2.72. The molecular weight excluding hydrogens is 537 g/mol. The van der Waals surface area contributed by atoms with Gasteiger partial charge in [0.1, 0.15) is 0 Å². The number of alkyl halides is 9. The summed E-state index contributed by atoms with van der Waals surface area (Å²) < 4.78 is 131. The lowest BCUT2D eigenvalue weighted by molar-refractivity contribution is -0.160. The molecule has 0 fully saturated rings. The van der Waals surface area contributed by atoms with Crippen molar-refractivity contribution >= 4 is 11.7 Å². The van der Waals surface area contributed by atoms with Crippen LogP contribution in [0.25, 0.3) is 0 Å². The number of rotatable bonds is 6. The SMILES string of the molecule is C=C(C)Cn1c(OCOC(=O)C(C)(C)C)cc(C(F)(F)F)nc1=Nc1ccc(C(F)(F)F)cc1C(F)(F)F. The maximum Gasteiger partial charge on any atom is 0.433 e. The van der Waals surface area contributed by atoms with Crippen molar-refractivity contribution in [2.45, 2.75) is 52.8 Å². The Kier molecular flexibility index (Phi) is 8.64. The van der Waals surface area contributed by atoms with E-state index in [4.69, 9.17) is 9.47 Å².